The molecule has 0 spiro atoms. The van der Waals surface area contributed by atoms with Gasteiger partial charge < -0.3 is 0 Å². The topological polar surface area (TPSA) is 25.8 Å². The van der Waals surface area contributed by atoms with E-state index < -0.39 is 0 Å². The summed E-state index contributed by atoms with van der Waals surface area (Å²) < 4.78 is 3.87. The molecule has 13 heavy (non-hydrogen) atoms. The Morgan fingerprint density at radius 1 is 1.62 bits per heavy atom. The van der Waals surface area contributed by atoms with Crippen molar-refractivity contribution >= 4 is 23.1 Å². The highest BCUT2D eigenvalue weighted by atomic mass is 35.5. The van der Waals surface area contributed by atoms with Crippen LogP contribution in [0.15, 0.2) is 5.38 Å². The van der Waals surface area contributed by atoms with Gasteiger partial charge in [0, 0.05) is 10.8 Å². The van der Waals surface area contributed by atoms with Crippen LogP contribution in [0.1, 0.15) is 25.5 Å². The molecule has 0 bridgehead atoms. The molecule has 1 saturated carbocycles. The van der Waals surface area contributed by atoms with Crippen molar-refractivity contribution in [2.45, 2.75) is 31.6 Å². The number of rotatable bonds is 2. The van der Waals surface area contributed by atoms with Crippen LogP contribution in [0.3, 0.4) is 0 Å². The Bertz CT molecular complexity index is 263. The lowest BCUT2D eigenvalue weighted by Gasteiger charge is -2.15. The average Bonchev–Trinajstić information content (AvgIpc) is 2.71. The maximum absolute atomic E-state index is 6.16. The minimum absolute atomic E-state index is 0.372. The van der Waals surface area contributed by atoms with Crippen LogP contribution in [0.5, 0.6) is 0 Å². The molecule has 4 heteroatoms. The highest BCUT2D eigenvalue weighted by Gasteiger charge is 2.31. The van der Waals surface area contributed by atoms with Gasteiger partial charge in [-0.15, -0.1) is 16.7 Å². The molecule has 2 rings (SSSR count). The van der Waals surface area contributed by atoms with Crippen molar-refractivity contribution in [1.29, 1.82) is 0 Å². The second-order valence-electron chi connectivity index (χ2n) is 3.81. The SMILES string of the molecule is CC1C(Cl)CCC1Cc1csnn1. The van der Waals surface area contributed by atoms with Gasteiger partial charge in [0.25, 0.3) is 0 Å². The van der Waals surface area contributed by atoms with Crippen LogP contribution >= 0.6 is 23.1 Å². The summed E-state index contributed by atoms with van der Waals surface area (Å²) in [6, 6.07) is 0. The monoisotopic (exact) mass is 216 g/mol. The molecule has 0 N–H and O–H groups in total. The van der Waals surface area contributed by atoms with Crippen LogP contribution in [-0.4, -0.2) is 15.0 Å². The molecule has 1 aliphatic rings. The Balaban J connectivity index is 1.96. The van der Waals surface area contributed by atoms with E-state index in [2.05, 4.69) is 16.5 Å². The van der Waals surface area contributed by atoms with E-state index in [1.807, 2.05) is 5.38 Å². The smallest absolute Gasteiger partial charge is 0.0758 e. The van der Waals surface area contributed by atoms with Gasteiger partial charge in [0.15, 0.2) is 0 Å². The third-order valence-corrected chi connectivity index (χ3v) is 4.17. The summed E-state index contributed by atoms with van der Waals surface area (Å²) in [6.07, 6.45) is 3.46. The zero-order chi connectivity index (χ0) is 9.26. The van der Waals surface area contributed by atoms with Crippen molar-refractivity contribution in [3.63, 3.8) is 0 Å². The lowest BCUT2D eigenvalue weighted by Crippen LogP contribution is -2.13. The van der Waals surface area contributed by atoms with Crippen molar-refractivity contribution in [3.8, 4) is 0 Å². The molecule has 1 aromatic rings. The standard InChI is InChI=1S/C9H13ClN2S/c1-6-7(2-3-9(6)10)4-8-5-13-12-11-8/h5-7,9H,2-4H2,1H3. The van der Waals surface area contributed by atoms with Crippen LogP contribution in [0, 0.1) is 11.8 Å². The van der Waals surface area contributed by atoms with Crippen LogP contribution in [0.25, 0.3) is 0 Å². The lowest BCUT2D eigenvalue weighted by molar-refractivity contribution is 0.416. The van der Waals surface area contributed by atoms with Gasteiger partial charge in [0.1, 0.15) is 0 Å². The Hall–Kier alpha value is -0.150. The maximum Gasteiger partial charge on any atom is 0.0758 e. The van der Waals surface area contributed by atoms with Crippen LogP contribution in [0.4, 0.5) is 0 Å². The Labute approximate surface area is 87.5 Å². The number of halogens is 1. The zero-order valence-electron chi connectivity index (χ0n) is 7.61. The minimum atomic E-state index is 0.372. The molecular formula is C9H13ClN2S. The predicted octanol–water partition coefficient (Wildman–Crippen LogP) is 2.73. The van der Waals surface area contributed by atoms with Crippen molar-refractivity contribution < 1.29 is 0 Å². The van der Waals surface area contributed by atoms with Gasteiger partial charge >= 0.3 is 0 Å². The number of hydrogen-bond donors (Lipinski definition) is 0. The molecule has 0 saturated heterocycles. The van der Waals surface area contributed by atoms with Crippen molar-refractivity contribution in [1.82, 2.24) is 9.59 Å². The Kier molecular flexibility index (Phi) is 2.84. The van der Waals surface area contributed by atoms with E-state index in [1.165, 1.54) is 18.0 Å². The van der Waals surface area contributed by atoms with Gasteiger partial charge in [-0.2, -0.15) is 0 Å². The molecule has 0 radical (unpaired) electrons. The molecule has 0 aliphatic heterocycles. The highest BCUT2D eigenvalue weighted by molar-refractivity contribution is 7.03. The number of hydrogen-bond acceptors (Lipinski definition) is 3. The number of aromatic nitrogens is 2. The van der Waals surface area contributed by atoms with Crippen molar-refractivity contribution in [2.24, 2.45) is 11.8 Å². The summed E-state index contributed by atoms with van der Waals surface area (Å²) in [5.74, 6) is 1.34. The van der Waals surface area contributed by atoms with E-state index in [-0.39, 0.29) is 0 Å². The highest BCUT2D eigenvalue weighted by Crippen LogP contribution is 2.37. The largest absolute Gasteiger partial charge is 0.143 e. The molecule has 1 heterocycles. The van der Waals surface area contributed by atoms with Gasteiger partial charge in [-0.25, -0.2) is 0 Å². The van der Waals surface area contributed by atoms with Gasteiger partial charge in [-0.05, 0) is 42.6 Å². The number of nitrogens with zero attached hydrogens (tertiary/aromatic N) is 2. The molecule has 1 aliphatic carbocycles. The summed E-state index contributed by atoms with van der Waals surface area (Å²) >= 11 is 7.60. The molecule has 1 fully saturated rings. The van der Waals surface area contributed by atoms with E-state index >= 15 is 0 Å². The first kappa shape index (κ1) is 9.41. The summed E-state index contributed by atoms with van der Waals surface area (Å²) in [5, 5.41) is 6.47. The van der Waals surface area contributed by atoms with Crippen molar-refractivity contribution in [2.75, 3.05) is 0 Å². The third-order valence-electron chi connectivity index (χ3n) is 3.00. The first-order valence-corrected chi connectivity index (χ1v) is 5.94. The molecule has 0 amide bonds. The van der Waals surface area contributed by atoms with Crippen LogP contribution in [0.2, 0.25) is 0 Å². The van der Waals surface area contributed by atoms with E-state index in [0.29, 0.717) is 17.2 Å². The molecule has 1 aromatic heterocycles. The molecule has 3 unspecified atom stereocenters. The normalized spacial score (nSPS) is 33.8. The van der Waals surface area contributed by atoms with Gasteiger partial charge in [-0.1, -0.05) is 11.4 Å². The van der Waals surface area contributed by atoms with Crippen molar-refractivity contribution in [3.05, 3.63) is 11.1 Å². The maximum atomic E-state index is 6.16. The predicted molar refractivity (Wildman–Crippen MR) is 55.1 cm³/mol. The fourth-order valence-electron chi connectivity index (χ4n) is 2.02. The molecule has 72 valence electrons. The van der Waals surface area contributed by atoms with Crippen LogP contribution in [-0.2, 0) is 6.42 Å². The second kappa shape index (κ2) is 3.93. The molecular weight excluding hydrogens is 204 g/mol. The summed E-state index contributed by atoms with van der Waals surface area (Å²) in [5.41, 5.74) is 1.13. The summed E-state index contributed by atoms with van der Waals surface area (Å²) in [4.78, 5) is 0. The number of alkyl halides is 1. The fourth-order valence-corrected chi connectivity index (χ4v) is 2.82. The van der Waals surface area contributed by atoms with E-state index in [0.717, 1.165) is 18.5 Å². The average molecular weight is 217 g/mol. The fraction of sp³-hybridized carbons (Fsp3) is 0.778. The Morgan fingerprint density at radius 2 is 2.46 bits per heavy atom. The van der Waals surface area contributed by atoms with E-state index in [9.17, 15) is 0 Å². The quantitative estimate of drug-likeness (QED) is 0.711. The first-order valence-electron chi connectivity index (χ1n) is 4.67. The minimum Gasteiger partial charge on any atom is -0.143 e. The van der Waals surface area contributed by atoms with E-state index in [4.69, 9.17) is 11.6 Å². The second-order valence-corrected chi connectivity index (χ2v) is 4.98. The van der Waals surface area contributed by atoms with E-state index in [1.54, 1.807) is 0 Å². The molecule has 2 nitrogen and oxygen atoms in total. The Morgan fingerprint density at radius 3 is 3.00 bits per heavy atom. The first-order chi connectivity index (χ1) is 6.27. The van der Waals surface area contributed by atoms with Crippen LogP contribution < -0.4 is 0 Å². The molecule has 3 atom stereocenters. The summed E-state index contributed by atoms with van der Waals surface area (Å²) in [7, 11) is 0. The molecule has 0 aromatic carbocycles. The third kappa shape index (κ3) is 2.02. The van der Waals surface area contributed by atoms with Gasteiger partial charge in [0.2, 0.25) is 0 Å². The zero-order valence-corrected chi connectivity index (χ0v) is 9.18. The lowest BCUT2D eigenvalue weighted by atomic mass is 9.93. The summed E-state index contributed by atoms with van der Waals surface area (Å²) in [6.45, 7) is 2.25. The van der Waals surface area contributed by atoms with Gasteiger partial charge in [-0.3, -0.25) is 0 Å². The van der Waals surface area contributed by atoms with Gasteiger partial charge in [0.05, 0.1) is 5.69 Å².